The maximum Gasteiger partial charge on any atom is 0.149 e. The molecule has 2 heterocycles. The van der Waals surface area contributed by atoms with Crippen LogP contribution in [0.15, 0.2) is 12.4 Å². The van der Waals surface area contributed by atoms with E-state index in [-0.39, 0.29) is 0 Å². The molecule has 0 radical (unpaired) electrons. The molecule has 0 atom stereocenters. The summed E-state index contributed by atoms with van der Waals surface area (Å²) in [6, 6.07) is 0. The minimum atomic E-state index is 0.508. The molecule has 4 heteroatoms. The van der Waals surface area contributed by atoms with Crippen molar-refractivity contribution in [1.29, 1.82) is 0 Å². The summed E-state index contributed by atoms with van der Waals surface area (Å²) in [5.74, 6) is 1.43. The molecule has 1 aromatic heterocycles. The molecular formula is C14H24N4. The Morgan fingerprint density at radius 1 is 1.28 bits per heavy atom. The predicted octanol–water partition coefficient (Wildman–Crippen LogP) is 2.86. The maximum absolute atomic E-state index is 5.69. The topological polar surface area (TPSA) is 55.0 Å². The normalized spacial score (nSPS) is 18.9. The number of hydrogen-bond acceptors (Lipinski definition) is 4. The third-order valence-corrected chi connectivity index (χ3v) is 4.32. The lowest BCUT2D eigenvalue weighted by Crippen LogP contribution is -2.40. The number of hydrogen-bond donors (Lipinski definition) is 1. The number of rotatable bonds is 4. The Balaban J connectivity index is 2.01. The molecule has 100 valence electrons. The Morgan fingerprint density at radius 3 is 2.56 bits per heavy atom. The second kappa shape index (κ2) is 5.55. The number of nitrogens with zero attached hydrogens (tertiary/aromatic N) is 3. The van der Waals surface area contributed by atoms with E-state index in [2.05, 4.69) is 28.7 Å². The van der Waals surface area contributed by atoms with Crippen molar-refractivity contribution in [1.82, 2.24) is 9.97 Å². The van der Waals surface area contributed by atoms with Gasteiger partial charge in [-0.25, -0.2) is 4.98 Å². The lowest BCUT2D eigenvalue weighted by atomic mass is 9.73. The molecule has 0 bridgehead atoms. The van der Waals surface area contributed by atoms with Crippen LogP contribution in [0, 0.1) is 5.41 Å². The third kappa shape index (κ3) is 2.74. The first-order valence-electron chi connectivity index (χ1n) is 7.01. The molecule has 1 aromatic rings. The molecule has 18 heavy (non-hydrogen) atoms. The van der Waals surface area contributed by atoms with Gasteiger partial charge in [-0.1, -0.05) is 26.7 Å². The zero-order valence-electron chi connectivity index (χ0n) is 11.5. The summed E-state index contributed by atoms with van der Waals surface area (Å²) in [5.41, 5.74) is 6.25. The average molecular weight is 248 g/mol. The molecule has 0 unspecified atom stereocenters. The van der Waals surface area contributed by atoms with Crippen LogP contribution < -0.4 is 10.6 Å². The molecule has 0 saturated carbocycles. The van der Waals surface area contributed by atoms with Gasteiger partial charge in [0.25, 0.3) is 0 Å². The summed E-state index contributed by atoms with van der Waals surface area (Å²) >= 11 is 0. The fourth-order valence-corrected chi connectivity index (χ4v) is 3.04. The highest BCUT2D eigenvalue weighted by molar-refractivity contribution is 5.41. The van der Waals surface area contributed by atoms with Crippen molar-refractivity contribution in [2.75, 3.05) is 23.7 Å². The van der Waals surface area contributed by atoms with Gasteiger partial charge in [0.15, 0.2) is 0 Å². The molecule has 0 spiro atoms. The van der Waals surface area contributed by atoms with Crippen LogP contribution in [0.2, 0.25) is 0 Å². The van der Waals surface area contributed by atoms with Gasteiger partial charge in [0.1, 0.15) is 11.6 Å². The summed E-state index contributed by atoms with van der Waals surface area (Å²) in [6.07, 6.45) is 9.85. The van der Waals surface area contributed by atoms with Gasteiger partial charge in [0, 0.05) is 13.1 Å². The van der Waals surface area contributed by atoms with Gasteiger partial charge in [-0.2, -0.15) is 0 Å². The quantitative estimate of drug-likeness (QED) is 0.890. The molecule has 2 N–H and O–H groups in total. The summed E-state index contributed by atoms with van der Waals surface area (Å²) in [4.78, 5) is 10.8. The Morgan fingerprint density at radius 2 is 2.00 bits per heavy atom. The van der Waals surface area contributed by atoms with Crippen molar-refractivity contribution in [3.63, 3.8) is 0 Å². The van der Waals surface area contributed by atoms with Crippen LogP contribution in [0.4, 0.5) is 11.6 Å². The Bertz CT molecular complexity index is 383. The van der Waals surface area contributed by atoms with Crippen LogP contribution in [-0.2, 0) is 0 Å². The second-order valence-electron chi connectivity index (χ2n) is 5.39. The first kappa shape index (κ1) is 13.1. The molecule has 4 nitrogen and oxygen atoms in total. The molecule has 1 saturated heterocycles. The van der Waals surface area contributed by atoms with Gasteiger partial charge in [0.2, 0.25) is 0 Å². The Hall–Kier alpha value is -1.32. The zero-order chi connectivity index (χ0) is 13.0. The fourth-order valence-electron chi connectivity index (χ4n) is 3.04. The summed E-state index contributed by atoms with van der Waals surface area (Å²) < 4.78 is 0. The summed E-state index contributed by atoms with van der Waals surface area (Å²) in [6.45, 7) is 6.76. The Kier molecular flexibility index (Phi) is 4.04. The Labute approximate surface area is 110 Å². The monoisotopic (exact) mass is 248 g/mol. The van der Waals surface area contributed by atoms with E-state index in [1.807, 2.05) is 6.20 Å². The van der Waals surface area contributed by atoms with Crippen LogP contribution in [0.25, 0.3) is 0 Å². The van der Waals surface area contributed by atoms with E-state index in [1.165, 1.54) is 32.1 Å². The average Bonchev–Trinajstić information content (AvgIpc) is 2.40. The van der Waals surface area contributed by atoms with Crippen LogP contribution >= 0.6 is 0 Å². The number of aromatic nitrogens is 2. The molecule has 0 aromatic carbocycles. The van der Waals surface area contributed by atoms with Crippen molar-refractivity contribution in [2.24, 2.45) is 5.41 Å². The van der Waals surface area contributed by atoms with Gasteiger partial charge >= 0.3 is 0 Å². The van der Waals surface area contributed by atoms with Gasteiger partial charge in [-0.15, -0.1) is 0 Å². The molecule has 0 aliphatic carbocycles. The first-order chi connectivity index (χ1) is 8.69. The lowest BCUT2D eigenvalue weighted by Gasteiger charge is -2.42. The van der Waals surface area contributed by atoms with E-state index in [0.717, 1.165) is 18.9 Å². The van der Waals surface area contributed by atoms with E-state index >= 15 is 0 Å². The molecule has 1 aliphatic rings. The fraction of sp³-hybridized carbons (Fsp3) is 0.714. The van der Waals surface area contributed by atoms with Crippen molar-refractivity contribution in [2.45, 2.75) is 46.0 Å². The van der Waals surface area contributed by atoms with Crippen molar-refractivity contribution in [3.05, 3.63) is 12.4 Å². The number of piperidine rings is 1. The number of nitrogens with two attached hydrogens (primary N) is 1. The number of anilines is 2. The smallest absolute Gasteiger partial charge is 0.149 e. The largest absolute Gasteiger partial charge is 0.382 e. The third-order valence-electron chi connectivity index (χ3n) is 4.32. The van der Waals surface area contributed by atoms with Crippen molar-refractivity contribution in [3.8, 4) is 0 Å². The molecule has 2 rings (SSSR count). The van der Waals surface area contributed by atoms with Crippen LogP contribution in [0.5, 0.6) is 0 Å². The second-order valence-corrected chi connectivity index (χ2v) is 5.39. The van der Waals surface area contributed by atoms with Crippen molar-refractivity contribution < 1.29 is 0 Å². The highest BCUT2D eigenvalue weighted by atomic mass is 15.2. The lowest BCUT2D eigenvalue weighted by molar-refractivity contribution is 0.188. The summed E-state index contributed by atoms with van der Waals surface area (Å²) in [5, 5.41) is 0. The van der Waals surface area contributed by atoms with Gasteiger partial charge in [-0.3, -0.25) is 4.98 Å². The van der Waals surface area contributed by atoms with Gasteiger partial charge in [-0.05, 0) is 24.7 Å². The van der Waals surface area contributed by atoms with E-state index in [0.29, 0.717) is 11.2 Å². The van der Waals surface area contributed by atoms with E-state index < -0.39 is 0 Å². The SMILES string of the molecule is CCCC1(CC)CCN(c2cncc(N)n2)CC1. The van der Waals surface area contributed by atoms with E-state index in [9.17, 15) is 0 Å². The van der Waals surface area contributed by atoms with Crippen LogP contribution in [0.3, 0.4) is 0 Å². The maximum atomic E-state index is 5.69. The van der Waals surface area contributed by atoms with E-state index in [4.69, 9.17) is 5.73 Å². The first-order valence-corrected chi connectivity index (χ1v) is 7.01. The van der Waals surface area contributed by atoms with Gasteiger partial charge < -0.3 is 10.6 Å². The molecule has 1 fully saturated rings. The van der Waals surface area contributed by atoms with Gasteiger partial charge in [0.05, 0.1) is 12.4 Å². The predicted molar refractivity (Wildman–Crippen MR) is 75.5 cm³/mol. The standard InChI is InChI=1S/C14H24N4/c1-3-5-14(4-2)6-8-18(9-7-14)13-11-16-10-12(15)17-13/h10-11H,3-9H2,1-2H3,(H2,15,17). The van der Waals surface area contributed by atoms with E-state index in [1.54, 1.807) is 6.20 Å². The van der Waals surface area contributed by atoms with Crippen LogP contribution in [0.1, 0.15) is 46.0 Å². The van der Waals surface area contributed by atoms with Crippen molar-refractivity contribution >= 4 is 11.6 Å². The minimum absolute atomic E-state index is 0.508. The molecule has 1 aliphatic heterocycles. The molecular weight excluding hydrogens is 224 g/mol. The highest BCUT2D eigenvalue weighted by Crippen LogP contribution is 2.39. The summed E-state index contributed by atoms with van der Waals surface area (Å²) in [7, 11) is 0. The molecule has 0 amide bonds. The minimum Gasteiger partial charge on any atom is -0.382 e. The highest BCUT2D eigenvalue weighted by Gasteiger charge is 2.32. The number of nitrogen functional groups attached to an aromatic ring is 1. The zero-order valence-corrected chi connectivity index (χ0v) is 11.5. The van der Waals surface area contributed by atoms with Crippen LogP contribution in [-0.4, -0.2) is 23.1 Å².